The molecule has 1 aromatic carbocycles. The molecular formula is C25H27ClN4O4S. The van der Waals surface area contributed by atoms with Crippen LogP contribution < -0.4 is 20.7 Å². The summed E-state index contributed by atoms with van der Waals surface area (Å²) in [6, 6.07) is 9.71. The molecule has 1 fully saturated rings. The van der Waals surface area contributed by atoms with Crippen molar-refractivity contribution >= 4 is 44.2 Å². The van der Waals surface area contributed by atoms with E-state index in [1.807, 2.05) is 30.3 Å². The van der Waals surface area contributed by atoms with Gasteiger partial charge in [-0.2, -0.15) is 0 Å². The lowest BCUT2D eigenvalue weighted by Gasteiger charge is -2.42. The van der Waals surface area contributed by atoms with Crippen LogP contribution in [0.1, 0.15) is 24.3 Å². The summed E-state index contributed by atoms with van der Waals surface area (Å²) in [5.41, 5.74) is 1.20. The zero-order chi connectivity index (χ0) is 23.2. The lowest BCUT2D eigenvalue weighted by atomic mass is 9.78. The molecule has 2 atom stereocenters. The third-order valence-corrected chi connectivity index (χ3v) is 8.23. The summed E-state index contributed by atoms with van der Waals surface area (Å²) in [6.45, 7) is 3.85. The van der Waals surface area contributed by atoms with Gasteiger partial charge in [-0.1, -0.05) is 6.07 Å². The summed E-state index contributed by atoms with van der Waals surface area (Å²) in [5, 5.41) is 0.819. The predicted octanol–water partition coefficient (Wildman–Crippen LogP) is 3.62. The first kappa shape index (κ1) is 23.8. The van der Waals surface area contributed by atoms with Gasteiger partial charge >= 0.3 is 5.69 Å². The smallest absolute Gasteiger partial charge is 0.328 e. The van der Waals surface area contributed by atoms with Gasteiger partial charge < -0.3 is 19.4 Å². The fourth-order valence-electron chi connectivity index (χ4n) is 5.50. The van der Waals surface area contributed by atoms with Gasteiger partial charge in [0.25, 0.3) is 5.56 Å². The Balaban J connectivity index is 0.00000253. The normalized spacial score (nSPS) is 19.6. The van der Waals surface area contributed by atoms with Gasteiger partial charge in [0, 0.05) is 36.2 Å². The van der Waals surface area contributed by atoms with E-state index in [2.05, 4.69) is 14.9 Å². The predicted molar refractivity (Wildman–Crippen MR) is 140 cm³/mol. The number of methoxy groups -OCH3 is 1. The number of fused-ring (bicyclic) bond motifs is 6. The van der Waals surface area contributed by atoms with Crippen molar-refractivity contribution in [3.8, 4) is 11.5 Å². The maximum atomic E-state index is 13.0. The third-order valence-electron chi connectivity index (χ3n) is 7.13. The molecule has 0 bridgehead atoms. The molecule has 184 valence electrons. The van der Waals surface area contributed by atoms with Crippen LogP contribution in [0.25, 0.3) is 20.4 Å². The molecule has 6 rings (SSSR count). The number of thiophene rings is 1. The quantitative estimate of drug-likeness (QED) is 0.437. The number of hydrogen-bond acceptors (Lipinski definition) is 7. The minimum Gasteiger partial charge on any atom is -0.496 e. The number of hydrogen-bond donors (Lipinski definition) is 1. The van der Waals surface area contributed by atoms with Crippen LogP contribution in [0.5, 0.6) is 11.5 Å². The monoisotopic (exact) mass is 514 g/mol. The summed E-state index contributed by atoms with van der Waals surface area (Å²) in [7, 11) is 1.71. The highest BCUT2D eigenvalue weighted by atomic mass is 35.5. The van der Waals surface area contributed by atoms with E-state index >= 15 is 0 Å². The number of likely N-dealkylation sites (tertiary alicyclic amines) is 1. The Morgan fingerprint density at radius 2 is 2.11 bits per heavy atom. The van der Waals surface area contributed by atoms with Gasteiger partial charge in [-0.25, -0.2) is 9.78 Å². The Bertz CT molecular complexity index is 1480. The molecule has 2 aliphatic heterocycles. The summed E-state index contributed by atoms with van der Waals surface area (Å²) >= 11 is 1.33. The molecule has 4 aromatic rings. The molecule has 0 aliphatic carbocycles. The molecule has 0 spiro atoms. The van der Waals surface area contributed by atoms with E-state index < -0.39 is 0 Å². The zero-order valence-electron chi connectivity index (χ0n) is 19.4. The Kier molecular flexibility index (Phi) is 6.57. The van der Waals surface area contributed by atoms with Crippen molar-refractivity contribution in [2.24, 2.45) is 5.92 Å². The molecule has 0 radical (unpaired) electrons. The standard InChI is InChI=1S/C25H26N4O4S.ClH/c1-32-18-6-2-7-19-20(18)16-8-12-28(13-15(16)14-33-19)10-4-11-29-24(30)22-21(27-25(29)31)17-5-3-9-26-23(17)34-22;/h2-3,5-7,9,15-16H,4,8,10-14H2,1H3,(H,27,31);1H/t15-,16+;/m1./s1. The number of pyridine rings is 1. The first-order valence-electron chi connectivity index (χ1n) is 11.7. The number of piperidine rings is 1. The van der Waals surface area contributed by atoms with Crippen molar-refractivity contribution in [2.45, 2.75) is 25.3 Å². The molecule has 3 aromatic heterocycles. The Morgan fingerprint density at radius 1 is 1.23 bits per heavy atom. The van der Waals surface area contributed by atoms with E-state index in [0.29, 0.717) is 35.2 Å². The summed E-state index contributed by atoms with van der Waals surface area (Å²) in [6.07, 6.45) is 3.47. The number of H-pyrrole nitrogens is 1. The number of rotatable bonds is 5. The molecule has 5 heterocycles. The van der Waals surface area contributed by atoms with Gasteiger partial charge in [0.2, 0.25) is 0 Å². The molecule has 35 heavy (non-hydrogen) atoms. The molecule has 1 saturated heterocycles. The van der Waals surface area contributed by atoms with Crippen molar-refractivity contribution in [3.63, 3.8) is 0 Å². The number of nitrogens with zero attached hydrogens (tertiary/aromatic N) is 3. The second kappa shape index (κ2) is 9.64. The van der Waals surface area contributed by atoms with Crippen molar-refractivity contribution in [2.75, 3.05) is 33.4 Å². The minimum atomic E-state index is -0.357. The van der Waals surface area contributed by atoms with E-state index in [-0.39, 0.29) is 23.7 Å². The maximum absolute atomic E-state index is 13.0. The van der Waals surface area contributed by atoms with E-state index in [9.17, 15) is 9.59 Å². The molecular weight excluding hydrogens is 488 g/mol. The topological polar surface area (TPSA) is 89.5 Å². The average molecular weight is 515 g/mol. The number of nitrogens with one attached hydrogen (secondary N) is 1. The fourth-order valence-corrected chi connectivity index (χ4v) is 6.55. The van der Waals surface area contributed by atoms with Crippen molar-refractivity contribution in [1.82, 2.24) is 19.4 Å². The summed E-state index contributed by atoms with van der Waals surface area (Å²) in [5.74, 6) is 2.70. The van der Waals surface area contributed by atoms with Crippen molar-refractivity contribution in [1.29, 1.82) is 0 Å². The number of halogens is 1. The molecule has 8 nitrogen and oxygen atoms in total. The van der Waals surface area contributed by atoms with E-state index in [0.717, 1.165) is 54.2 Å². The van der Waals surface area contributed by atoms with Crippen LogP contribution in [-0.4, -0.2) is 52.8 Å². The molecule has 0 saturated carbocycles. The molecule has 2 aliphatic rings. The van der Waals surface area contributed by atoms with Crippen LogP contribution in [0, 0.1) is 5.92 Å². The van der Waals surface area contributed by atoms with Crippen LogP contribution in [0.15, 0.2) is 46.1 Å². The second-order valence-corrected chi connectivity index (χ2v) is 10.0. The lowest BCUT2D eigenvalue weighted by molar-refractivity contribution is 0.0899. The van der Waals surface area contributed by atoms with Crippen LogP contribution in [-0.2, 0) is 6.54 Å². The highest BCUT2D eigenvalue weighted by molar-refractivity contribution is 7.25. The molecule has 0 amide bonds. The van der Waals surface area contributed by atoms with Gasteiger partial charge in [-0.05, 0) is 56.1 Å². The van der Waals surface area contributed by atoms with E-state index in [1.54, 1.807) is 13.3 Å². The van der Waals surface area contributed by atoms with E-state index in [1.165, 1.54) is 21.5 Å². The van der Waals surface area contributed by atoms with Crippen molar-refractivity contribution in [3.05, 3.63) is 62.9 Å². The lowest BCUT2D eigenvalue weighted by Crippen LogP contribution is -2.44. The van der Waals surface area contributed by atoms with Gasteiger partial charge in [-0.3, -0.25) is 9.36 Å². The number of aromatic amines is 1. The van der Waals surface area contributed by atoms with Gasteiger partial charge in [-0.15, -0.1) is 23.7 Å². The Morgan fingerprint density at radius 3 is 2.97 bits per heavy atom. The first-order valence-corrected chi connectivity index (χ1v) is 12.5. The van der Waals surface area contributed by atoms with Gasteiger partial charge in [0.05, 0.1) is 19.2 Å². The van der Waals surface area contributed by atoms with Gasteiger partial charge in [0.1, 0.15) is 21.0 Å². The second-order valence-electron chi connectivity index (χ2n) is 9.04. The van der Waals surface area contributed by atoms with Crippen LogP contribution in [0.3, 0.4) is 0 Å². The van der Waals surface area contributed by atoms with Crippen LogP contribution in [0.4, 0.5) is 0 Å². The number of aromatic nitrogens is 3. The fraction of sp³-hybridized carbons (Fsp3) is 0.400. The largest absolute Gasteiger partial charge is 0.496 e. The Hall–Kier alpha value is -2.88. The minimum absolute atomic E-state index is 0. The molecule has 0 unspecified atom stereocenters. The first-order chi connectivity index (χ1) is 16.6. The zero-order valence-corrected chi connectivity index (χ0v) is 21.0. The summed E-state index contributed by atoms with van der Waals surface area (Å²) < 4.78 is 13.6. The number of benzene rings is 1. The molecule has 1 N–H and O–H groups in total. The highest BCUT2D eigenvalue weighted by Crippen LogP contribution is 2.46. The maximum Gasteiger partial charge on any atom is 0.328 e. The van der Waals surface area contributed by atoms with E-state index in [4.69, 9.17) is 9.47 Å². The SMILES string of the molecule is COc1cccc2c1[C@H]1CCN(CCCn3c(=O)[nH]c4c(sc5ncccc54)c3=O)C[C@@H]1CO2.Cl. The van der Waals surface area contributed by atoms with Gasteiger partial charge in [0.15, 0.2) is 0 Å². The van der Waals surface area contributed by atoms with Crippen LogP contribution >= 0.6 is 23.7 Å². The van der Waals surface area contributed by atoms with Crippen molar-refractivity contribution < 1.29 is 9.47 Å². The molecule has 10 heteroatoms. The number of ether oxygens (including phenoxy) is 2. The average Bonchev–Trinajstić information content (AvgIpc) is 3.24. The highest BCUT2D eigenvalue weighted by Gasteiger charge is 2.37. The third kappa shape index (κ3) is 4.11. The van der Waals surface area contributed by atoms with Crippen LogP contribution in [0.2, 0.25) is 0 Å². The summed E-state index contributed by atoms with van der Waals surface area (Å²) in [4.78, 5) is 36.2. The Labute approximate surface area is 211 Å².